The summed E-state index contributed by atoms with van der Waals surface area (Å²) in [6.07, 6.45) is -0.166. The van der Waals surface area contributed by atoms with Gasteiger partial charge in [0.15, 0.2) is 0 Å². The second-order valence-electron chi connectivity index (χ2n) is 8.18. The molecule has 0 N–H and O–H groups in total. The predicted molar refractivity (Wildman–Crippen MR) is 106 cm³/mol. The summed E-state index contributed by atoms with van der Waals surface area (Å²) in [7, 11) is 0. The summed E-state index contributed by atoms with van der Waals surface area (Å²) in [5.41, 5.74) is 0.167. The van der Waals surface area contributed by atoms with Gasteiger partial charge in [0, 0.05) is 49.9 Å². The van der Waals surface area contributed by atoms with E-state index < -0.39 is 5.60 Å². The van der Waals surface area contributed by atoms with Crippen LogP contribution in [0, 0.1) is 5.92 Å². The first-order chi connectivity index (χ1) is 13.1. The fourth-order valence-corrected chi connectivity index (χ4v) is 3.65. The first kappa shape index (κ1) is 20.5. The van der Waals surface area contributed by atoms with Crippen LogP contribution in [-0.2, 0) is 14.3 Å². The van der Waals surface area contributed by atoms with E-state index in [0.717, 1.165) is 0 Å². The molecular weight excluding hydrogens is 382 g/mol. The van der Waals surface area contributed by atoms with E-state index >= 15 is 0 Å². The van der Waals surface area contributed by atoms with Crippen LogP contribution >= 0.6 is 11.6 Å². The number of piperazine rings is 1. The van der Waals surface area contributed by atoms with E-state index in [0.29, 0.717) is 43.4 Å². The van der Waals surface area contributed by atoms with Gasteiger partial charge in [0.1, 0.15) is 5.60 Å². The van der Waals surface area contributed by atoms with Gasteiger partial charge in [-0.15, -0.1) is 0 Å². The van der Waals surface area contributed by atoms with Gasteiger partial charge in [0.25, 0.3) is 0 Å². The molecule has 2 fully saturated rings. The van der Waals surface area contributed by atoms with Crippen LogP contribution in [0.4, 0.5) is 10.5 Å². The van der Waals surface area contributed by atoms with Crippen molar-refractivity contribution in [3.63, 3.8) is 0 Å². The smallest absolute Gasteiger partial charge is 0.410 e. The molecule has 1 aromatic carbocycles. The van der Waals surface area contributed by atoms with Gasteiger partial charge in [-0.3, -0.25) is 9.59 Å². The lowest BCUT2D eigenvalue weighted by atomic mass is 10.1. The SMILES string of the molecule is CC(C)(C)OC(=O)N1CCN(C(=O)[C@H]2CC(=O)N(c3cccc(Cl)c3)C2)CC1. The third kappa shape index (κ3) is 4.76. The van der Waals surface area contributed by atoms with Gasteiger partial charge in [-0.1, -0.05) is 17.7 Å². The molecule has 0 radical (unpaired) electrons. The molecule has 1 aromatic rings. The zero-order valence-corrected chi connectivity index (χ0v) is 17.2. The van der Waals surface area contributed by atoms with Crippen molar-refractivity contribution in [1.82, 2.24) is 9.80 Å². The van der Waals surface area contributed by atoms with Crippen molar-refractivity contribution in [1.29, 1.82) is 0 Å². The molecule has 0 saturated carbocycles. The zero-order chi connectivity index (χ0) is 20.5. The van der Waals surface area contributed by atoms with Crippen molar-refractivity contribution in [3.8, 4) is 0 Å². The molecule has 2 heterocycles. The Kier molecular flexibility index (Phi) is 5.84. The highest BCUT2D eigenvalue weighted by Gasteiger charge is 2.38. The van der Waals surface area contributed by atoms with E-state index in [1.807, 2.05) is 26.8 Å². The van der Waals surface area contributed by atoms with E-state index in [1.54, 1.807) is 32.9 Å². The Morgan fingerprint density at radius 3 is 2.36 bits per heavy atom. The van der Waals surface area contributed by atoms with Crippen LogP contribution in [0.5, 0.6) is 0 Å². The molecule has 3 rings (SSSR count). The van der Waals surface area contributed by atoms with Gasteiger partial charge in [0.05, 0.1) is 5.92 Å². The van der Waals surface area contributed by atoms with Crippen molar-refractivity contribution >= 4 is 35.2 Å². The maximum atomic E-state index is 12.9. The van der Waals surface area contributed by atoms with Crippen LogP contribution in [0.25, 0.3) is 0 Å². The second-order valence-corrected chi connectivity index (χ2v) is 8.61. The summed E-state index contributed by atoms with van der Waals surface area (Å²) >= 11 is 6.02. The van der Waals surface area contributed by atoms with Gasteiger partial charge < -0.3 is 19.4 Å². The van der Waals surface area contributed by atoms with Gasteiger partial charge in [-0.25, -0.2) is 4.79 Å². The number of carbonyl (C=O) groups excluding carboxylic acids is 3. The minimum absolute atomic E-state index is 0.0401. The third-order valence-electron chi connectivity index (χ3n) is 4.84. The Balaban J connectivity index is 1.56. The van der Waals surface area contributed by atoms with E-state index in [2.05, 4.69) is 0 Å². The minimum Gasteiger partial charge on any atom is -0.444 e. The molecule has 3 amide bonds. The predicted octanol–water partition coefficient (Wildman–Crippen LogP) is 2.77. The Morgan fingerprint density at radius 2 is 1.75 bits per heavy atom. The Bertz CT molecular complexity index is 769. The van der Waals surface area contributed by atoms with Crippen molar-refractivity contribution in [2.45, 2.75) is 32.8 Å². The molecule has 0 unspecified atom stereocenters. The van der Waals surface area contributed by atoms with Crippen molar-refractivity contribution in [2.24, 2.45) is 5.92 Å². The number of nitrogens with zero attached hydrogens (tertiary/aromatic N) is 3. The standard InChI is InChI=1S/C20H26ClN3O4/c1-20(2,3)28-19(27)23-9-7-22(8-10-23)18(26)14-11-17(25)24(13-14)16-6-4-5-15(21)12-16/h4-6,12,14H,7-11,13H2,1-3H3/t14-/m0/s1. The largest absolute Gasteiger partial charge is 0.444 e. The first-order valence-corrected chi connectivity index (χ1v) is 9.84. The highest BCUT2D eigenvalue weighted by molar-refractivity contribution is 6.31. The summed E-state index contributed by atoms with van der Waals surface area (Å²) in [6.45, 7) is 7.58. The van der Waals surface area contributed by atoms with Crippen LogP contribution < -0.4 is 4.90 Å². The highest BCUT2D eigenvalue weighted by Crippen LogP contribution is 2.28. The van der Waals surface area contributed by atoms with E-state index in [-0.39, 0.29) is 30.2 Å². The average Bonchev–Trinajstić information content (AvgIpc) is 3.01. The van der Waals surface area contributed by atoms with Gasteiger partial charge in [0.2, 0.25) is 11.8 Å². The first-order valence-electron chi connectivity index (χ1n) is 9.47. The molecule has 152 valence electrons. The van der Waals surface area contributed by atoms with Crippen LogP contribution in [0.15, 0.2) is 24.3 Å². The quantitative estimate of drug-likeness (QED) is 0.755. The highest BCUT2D eigenvalue weighted by atomic mass is 35.5. The summed E-state index contributed by atoms with van der Waals surface area (Å²) in [5, 5.41) is 0.554. The lowest BCUT2D eigenvalue weighted by molar-refractivity contribution is -0.137. The Hall–Kier alpha value is -2.28. The summed E-state index contributed by atoms with van der Waals surface area (Å²) in [5.74, 6) is -0.491. The number of hydrogen-bond donors (Lipinski definition) is 0. The number of benzene rings is 1. The normalized spacial score (nSPS) is 20.5. The molecule has 7 nitrogen and oxygen atoms in total. The number of amides is 3. The molecule has 1 atom stereocenters. The second kappa shape index (κ2) is 7.99. The fourth-order valence-electron chi connectivity index (χ4n) is 3.46. The number of hydrogen-bond acceptors (Lipinski definition) is 4. The maximum Gasteiger partial charge on any atom is 0.410 e. The van der Waals surface area contributed by atoms with Crippen LogP contribution in [0.3, 0.4) is 0 Å². The Morgan fingerprint density at radius 1 is 1.11 bits per heavy atom. The molecule has 0 aliphatic carbocycles. The average molecular weight is 408 g/mol. The Labute approximate surface area is 170 Å². The van der Waals surface area contributed by atoms with Crippen LogP contribution in [-0.4, -0.2) is 66.0 Å². The molecule has 28 heavy (non-hydrogen) atoms. The lowest BCUT2D eigenvalue weighted by Gasteiger charge is -2.36. The van der Waals surface area contributed by atoms with E-state index in [4.69, 9.17) is 16.3 Å². The molecule has 2 saturated heterocycles. The number of anilines is 1. The van der Waals surface area contributed by atoms with Crippen LogP contribution in [0.1, 0.15) is 27.2 Å². The van der Waals surface area contributed by atoms with Gasteiger partial charge >= 0.3 is 6.09 Å². The van der Waals surface area contributed by atoms with Crippen molar-refractivity contribution in [2.75, 3.05) is 37.6 Å². The van der Waals surface area contributed by atoms with Gasteiger partial charge in [-0.05, 0) is 39.0 Å². The monoisotopic (exact) mass is 407 g/mol. The van der Waals surface area contributed by atoms with Crippen LogP contribution in [0.2, 0.25) is 5.02 Å². The summed E-state index contributed by atoms with van der Waals surface area (Å²) < 4.78 is 5.38. The fraction of sp³-hybridized carbons (Fsp3) is 0.550. The minimum atomic E-state index is -0.544. The molecular formula is C20H26ClN3O4. The topological polar surface area (TPSA) is 70.2 Å². The number of ether oxygens (including phenoxy) is 1. The molecule has 0 aromatic heterocycles. The number of carbonyl (C=O) groups is 3. The molecule has 2 aliphatic heterocycles. The van der Waals surface area contributed by atoms with E-state index in [9.17, 15) is 14.4 Å². The molecule has 0 spiro atoms. The van der Waals surface area contributed by atoms with Crippen molar-refractivity contribution < 1.29 is 19.1 Å². The van der Waals surface area contributed by atoms with E-state index in [1.165, 1.54) is 0 Å². The summed E-state index contributed by atoms with van der Waals surface area (Å²) in [4.78, 5) is 42.4. The molecule has 2 aliphatic rings. The summed E-state index contributed by atoms with van der Waals surface area (Å²) in [6, 6.07) is 7.08. The van der Waals surface area contributed by atoms with Gasteiger partial charge in [-0.2, -0.15) is 0 Å². The molecule has 8 heteroatoms. The number of rotatable bonds is 2. The zero-order valence-electron chi connectivity index (χ0n) is 16.5. The maximum absolute atomic E-state index is 12.9. The van der Waals surface area contributed by atoms with Crippen molar-refractivity contribution in [3.05, 3.63) is 29.3 Å². The molecule has 0 bridgehead atoms. The lowest BCUT2D eigenvalue weighted by Crippen LogP contribution is -2.53. The third-order valence-corrected chi connectivity index (χ3v) is 5.07. The number of halogens is 1.